The predicted molar refractivity (Wildman–Crippen MR) is 294 cm³/mol. The Bertz CT molecular complexity index is 2260. The first-order chi connectivity index (χ1) is 37.4. The Balaban J connectivity index is 1.82. The summed E-state index contributed by atoms with van der Waals surface area (Å²) >= 11 is 0. The van der Waals surface area contributed by atoms with E-state index in [4.69, 9.17) is 25.7 Å². The van der Waals surface area contributed by atoms with Crippen LogP contribution in [-0.2, 0) is 33.4 Å². The normalized spacial score (nSPS) is 35.6. The lowest BCUT2D eigenvalue weighted by atomic mass is 9.83. The van der Waals surface area contributed by atoms with Gasteiger partial charge >= 0.3 is 11.9 Å². The highest BCUT2D eigenvalue weighted by atomic mass is 16.7. The number of hydrogen-bond acceptors (Lipinski definition) is 19. The minimum absolute atomic E-state index is 0.0526. The number of nitrogens with two attached hydrogens (primary N) is 2. The quantitative estimate of drug-likeness (QED) is 0.0907. The van der Waals surface area contributed by atoms with Crippen LogP contribution in [0.2, 0.25) is 0 Å². The highest BCUT2D eigenvalue weighted by molar-refractivity contribution is 5.96. The van der Waals surface area contributed by atoms with Crippen molar-refractivity contribution in [1.29, 1.82) is 0 Å². The summed E-state index contributed by atoms with van der Waals surface area (Å²) < 4.78 is 17.6. The number of rotatable bonds is 10. The highest BCUT2D eigenvalue weighted by Gasteiger charge is 2.43. The summed E-state index contributed by atoms with van der Waals surface area (Å²) in [5.41, 5.74) is 12.7. The average Bonchev–Trinajstić information content (AvgIpc) is 3.36. The topological polar surface area (TPSA) is 367 Å². The second-order valence-electron chi connectivity index (χ2n) is 21.1. The number of carboxylic acids is 1. The Morgan fingerprint density at radius 3 is 1.80 bits per heavy atom. The Hall–Kier alpha value is -5.33. The van der Waals surface area contributed by atoms with E-state index in [0.717, 1.165) is 0 Å². The number of aliphatic hydroxyl groups is 9. The van der Waals surface area contributed by atoms with Gasteiger partial charge in [0.25, 0.3) is 0 Å². The molecule has 20 nitrogen and oxygen atoms in total. The summed E-state index contributed by atoms with van der Waals surface area (Å²) in [5.74, 6) is -6.71. The number of allylic oxidation sites excluding steroid dienone is 12. The van der Waals surface area contributed by atoms with Crippen molar-refractivity contribution in [2.75, 3.05) is 5.73 Å². The molecule has 0 saturated carbocycles. The molecule has 0 bridgehead atoms. The van der Waals surface area contributed by atoms with Crippen LogP contribution in [0.5, 0.6) is 0 Å². The Labute approximate surface area is 463 Å². The molecule has 14 N–H and O–H groups in total. The van der Waals surface area contributed by atoms with Crippen LogP contribution in [0.4, 0.5) is 5.69 Å². The van der Waals surface area contributed by atoms with Crippen LogP contribution < -0.4 is 11.5 Å². The summed E-state index contributed by atoms with van der Waals surface area (Å²) in [4.78, 5) is 64.4. The fourth-order valence-electron chi connectivity index (χ4n) is 9.47. The molecule has 0 spiro atoms. The Morgan fingerprint density at radius 1 is 0.684 bits per heavy atom. The summed E-state index contributed by atoms with van der Waals surface area (Å²) in [5, 5.41) is 107. The number of aliphatic hydroxyl groups excluding tert-OH is 9. The third-order valence-electron chi connectivity index (χ3n) is 14.0. The first kappa shape index (κ1) is 67.9. The van der Waals surface area contributed by atoms with Crippen molar-refractivity contribution >= 4 is 35.0 Å². The van der Waals surface area contributed by atoms with Crippen molar-refractivity contribution < 1.29 is 89.2 Å². The molecule has 1 saturated heterocycles. The number of Topliss-reactive ketones (excluding diaryl/α,β-unsaturated/α-hetero) is 3. The van der Waals surface area contributed by atoms with Gasteiger partial charge in [-0.05, 0) is 75.1 Å². The zero-order valence-corrected chi connectivity index (χ0v) is 45.7. The molecule has 79 heavy (non-hydrogen) atoms. The smallest absolute Gasteiger partial charge is 0.311 e. The number of esters is 1. The van der Waals surface area contributed by atoms with Gasteiger partial charge < -0.3 is 76.7 Å². The van der Waals surface area contributed by atoms with E-state index in [0.29, 0.717) is 17.7 Å². The van der Waals surface area contributed by atoms with Crippen molar-refractivity contribution in [2.24, 2.45) is 29.4 Å². The first-order valence-corrected chi connectivity index (χ1v) is 27.1. The van der Waals surface area contributed by atoms with Crippen LogP contribution in [0.3, 0.4) is 0 Å². The van der Waals surface area contributed by atoms with Crippen LogP contribution in [-0.4, -0.2) is 166 Å². The second-order valence-corrected chi connectivity index (χ2v) is 21.1. The summed E-state index contributed by atoms with van der Waals surface area (Å²) in [6.45, 7) is 7.08. The number of carboxylic acid groups (broad SMARTS) is 1. The van der Waals surface area contributed by atoms with E-state index in [-0.39, 0.29) is 68.5 Å². The zero-order chi connectivity index (χ0) is 58.8. The van der Waals surface area contributed by atoms with E-state index < -0.39 is 141 Å². The summed E-state index contributed by atoms with van der Waals surface area (Å²) in [6, 6.07) is 5.27. The SMILES string of the molecule is CC1/C=C/C=C/C=C/C=C/C=C/C=C/C=C/C(OC2OC(C)C(O)C(N)C2O)CC(O)C(C(=O)O)C(O)CC(=O)CC(O)CC(O)CC(O)CC(=O)CCCC(O)CC(=O)OC1C(C)CC(C)C(O)CC(=O)c1ccc(N)cc1. The van der Waals surface area contributed by atoms with Crippen molar-refractivity contribution in [3.63, 3.8) is 0 Å². The van der Waals surface area contributed by atoms with Gasteiger partial charge in [-0.2, -0.15) is 0 Å². The molecule has 0 radical (unpaired) electrons. The lowest BCUT2D eigenvalue weighted by Gasteiger charge is -2.41. The second kappa shape index (κ2) is 35.4. The van der Waals surface area contributed by atoms with Crippen LogP contribution >= 0.6 is 0 Å². The molecule has 1 fully saturated rings. The molecule has 2 aliphatic rings. The molecule has 0 amide bonds. The molecule has 0 aromatic heterocycles. The lowest BCUT2D eigenvalue weighted by Crippen LogP contribution is -2.61. The minimum Gasteiger partial charge on any atom is -0.481 e. The van der Waals surface area contributed by atoms with E-state index in [9.17, 15) is 75.0 Å². The molecule has 3 rings (SSSR count). The van der Waals surface area contributed by atoms with Gasteiger partial charge in [0.1, 0.15) is 29.7 Å². The van der Waals surface area contributed by atoms with E-state index >= 15 is 0 Å². The number of ether oxygens (including phenoxy) is 3. The van der Waals surface area contributed by atoms with Crippen LogP contribution in [0.15, 0.2) is 109 Å². The maximum Gasteiger partial charge on any atom is 0.311 e. The van der Waals surface area contributed by atoms with Gasteiger partial charge in [-0.3, -0.25) is 24.0 Å². The molecular weight excluding hydrogens is 1020 g/mol. The zero-order valence-electron chi connectivity index (χ0n) is 45.7. The van der Waals surface area contributed by atoms with Crippen molar-refractivity contribution in [2.45, 2.75) is 190 Å². The summed E-state index contributed by atoms with van der Waals surface area (Å²) in [7, 11) is 0. The monoisotopic (exact) mass is 1110 g/mol. The number of hydrogen-bond donors (Lipinski definition) is 12. The fourth-order valence-corrected chi connectivity index (χ4v) is 9.47. The maximum absolute atomic E-state index is 13.3. The molecule has 18 unspecified atom stereocenters. The molecule has 20 heteroatoms. The number of anilines is 1. The first-order valence-electron chi connectivity index (χ1n) is 27.1. The van der Waals surface area contributed by atoms with E-state index in [1.807, 2.05) is 26.8 Å². The summed E-state index contributed by atoms with van der Waals surface area (Å²) in [6.07, 6.45) is 3.96. The van der Waals surface area contributed by atoms with Gasteiger partial charge in [-0.15, -0.1) is 0 Å². The molecule has 1 aromatic carbocycles. The van der Waals surface area contributed by atoms with Gasteiger partial charge in [0.2, 0.25) is 0 Å². The predicted octanol–water partition coefficient (Wildman–Crippen LogP) is 3.40. The molecule has 2 heterocycles. The number of carbonyl (C=O) groups excluding carboxylic acids is 4. The van der Waals surface area contributed by atoms with Gasteiger partial charge in [-0.1, -0.05) is 106 Å². The fraction of sp³-hybridized carbons (Fsp3) is 0.576. The maximum atomic E-state index is 13.3. The molecule has 2 aliphatic heterocycles. The molecule has 440 valence electrons. The number of benzene rings is 1. The van der Waals surface area contributed by atoms with Crippen molar-refractivity contribution in [3.05, 3.63) is 115 Å². The van der Waals surface area contributed by atoms with Crippen molar-refractivity contribution in [1.82, 2.24) is 0 Å². The number of carbonyl (C=O) groups is 5. The number of aliphatic carboxylic acids is 1. The average molecular weight is 1110 g/mol. The van der Waals surface area contributed by atoms with Gasteiger partial charge in [0.05, 0.1) is 73.5 Å². The third kappa shape index (κ3) is 25.3. The number of ketones is 3. The van der Waals surface area contributed by atoms with E-state index in [1.165, 1.54) is 19.1 Å². The van der Waals surface area contributed by atoms with Crippen molar-refractivity contribution in [3.8, 4) is 0 Å². The largest absolute Gasteiger partial charge is 0.481 e. The van der Waals surface area contributed by atoms with E-state index in [2.05, 4.69) is 0 Å². The molecule has 18 atom stereocenters. The molecular formula is C59H86N2O18. The van der Waals surface area contributed by atoms with E-state index in [1.54, 1.807) is 91.1 Å². The molecule has 1 aromatic rings. The third-order valence-corrected chi connectivity index (χ3v) is 14.0. The standard InChI is InChI=1S/C59H86N2O18/c1-35-18-15-13-11-9-7-5-6-8-10-12-14-16-21-47(78-59-56(74)54(61)55(73)38(4)77-59)33-51(71)53(58(75)76)50(70)31-46(67)30-45(66)29-44(65)28-43(64)27-41(62)19-17-20-42(63)32-52(72)79-57(35)37(3)26-36(2)48(68)34-49(69)39-22-24-40(60)25-23-39/h5-16,18,21-25,35-38,42-45,47-48,50-51,53-57,59,63-66,68,70-71,73-74H,17,19-20,26-34,60-61H2,1-4H3,(H,75,76)/b6-5+,9-7+,10-8+,13-11+,14-12+,18-15+,21-16+. The van der Waals surface area contributed by atoms with Gasteiger partial charge in [0.15, 0.2) is 12.1 Å². The van der Waals surface area contributed by atoms with Crippen LogP contribution in [0.1, 0.15) is 115 Å². The Morgan fingerprint density at radius 2 is 1.23 bits per heavy atom. The highest BCUT2D eigenvalue weighted by Crippen LogP contribution is 2.29. The molecule has 0 aliphatic carbocycles. The lowest BCUT2D eigenvalue weighted by molar-refractivity contribution is -0.277. The van der Waals surface area contributed by atoms with Gasteiger partial charge in [-0.25, -0.2) is 0 Å². The minimum atomic E-state index is -1.95. The number of cyclic esters (lactones) is 1. The van der Waals surface area contributed by atoms with Crippen LogP contribution in [0, 0.1) is 23.7 Å². The van der Waals surface area contributed by atoms with Gasteiger partial charge in [0, 0.05) is 55.7 Å². The number of nitrogen functional groups attached to an aromatic ring is 1. The van der Waals surface area contributed by atoms with Crippen LogP contribution in [0.25, 0.3) is 0 Å². The Kier molecular flexibility index (Phi) is 30.5.